The van der Waals surface area contributed by atoms with Gasteiger partial charge < -0.3 is 91.0 Å². The van der Waals surface area contributed by atoms with E-state index in [1.165, 1.54) is 52.7 Å². The van der Waals surface area contributed by atoms with E-state index in [0.29, 0.717) is 61.0 Å². The van der Waals surface area contributed by atoms with Gasteiger partial charge in [-0.05, 0) is 89.2 Å². The van der Waals surface area contributed by atoms with Crippen LogP contribution in [0.4, 0.5) is 32.3 Å². The summed E-state index contributed by atoms with van der Waals surface area (Å²) in [5, 5.41) is 75.3. The quantitative estimate of drug-likeness (QED) is 0.0371. The molecule has 5 rings (SSSR count). The molecular weight excluding hydrogens is 1160 g/mol. The standard InChI is InChI=1S/C66H96N8O16/c1-37-29-45-55(49(75)35-47(59(45)79)71-63(81)39(3)17-13-19-51(85-9)61(89-65(67)83)43(7)33-41(5)57(77)53(31-37)87-11)69-21-15-23-73-25-27-74(28-26-73)24-16-22-70-56-46-30-38(2)32-54(88-12)58(78)42(6)34-44(8)62(90-66(68)84)52(86-10)20-14-18-40(4)64(82)72-48(60(46)80)36-50(56)76/h13-14,17-22,33-38,41-42,51-54,57-58,61-62,75-80H,15-16,23-32H2,1-12H3,(H2,67,83)(H2,68,84)(H,71,81)(H,72,82). The number of benzene rings is 2. The van der Waals surface area contributed by atoms with Gasteiger partial charge in [0.25, 0.3) is 11.8 Å². The average Bonchev–Trinajstić information content (AvgIpc) is 0.905. The van der Waals surface area contributed by atoms with Gasteiger partial charge in [-0.3, -0.25) is 19.6 Å². The molecule has 0 radical (unpaired) electrons. The molecular formula is C66H96N8O16. The number of piperazine rings is 1. The summed E-state index contributed by atoms with van der Waals surface area (Å²) < 4.78 is 33.9. The highest BCUT2D eigenvalue weighted by molar-refractivity contribution is 6.05. The molecule has 4 amide bonds. The minimum atomic E-state index is -1.02. The maximum Gasteiger partial charge on any atom is 0.405 e. The van der Waals surface area contributed by atoms with Crippen molar-refractivity contribution in [3.63, 3.8) is 0 Å². The number of aliphatic hydroxyl groups is 2. The predicted molar refractivity (Wildman–Crippen MR) is 346 cm³/mol. The molecule has 0 spiro atoms. The number of rotatable bonds is 14. The number of nitrogens with zero attached hydrogens (tertiary/aromatic N) is 4. The van der Waals surface area contributed by atoms with Crippen molar-refractivity contribution in [1.29, 1.82) is 0 Å². The predicted octanol–water partition coefficient (Wildman–Crippen LogP) is 7.93. The minimum absolute atomic E-state index is 0.0247. The summed E-state index contributed by atoms with van der Waals surface area (Å²) in [6.45, 7) is 18.4. The first kappa shape index (κ1) is 73.3. The van der Waals surface area contributed by atoms with Crippen LogP contribution in [0.15, 0.2) is 93.0 Å². The molecule has 3 aliphatic rings. The van der Waals surface area contributed by atoms with Crippen molar-refractivity contribution in [2.75, 3.05) is 78.3 Å². The third kappa shape index (κ3) is 20.8. The van der Waals surface area contributed by atoms with Gasteiger partial charge in [0, 0.05) is 126 Å². The zero-order valence-corrected chi connectivity index (χ0v) is 54.1. The number of ether oxygens (including phenoxy) is 6. The summed E-state index contributed by atoms with van der Waals surface area (Å²) in [6.07, 6.45) is 9.34. The molecule has 4 bridgehead atoms. The van der Waals surface area contributed by atoms with E-state index in [9.17, 15) is 49.8 Å². The number of fused-ring (bicyclic) bond motifs is 4. The molecule has 496 valence electrons. The minimum Gasteiger partial charge on any atom is -0.506 e. The fourth-order valence-corrected chi connectivity index (χ4v) is 11.5. The Morgan fingerprint density at radius 2 is 0.956 bits per heavy atom. The normalized spacial score (nSPS) is 27.1. The van der Waals surface area contributed by atoms with E-state index in [1.54, 1.807) is 76.6 Å². The number of aromatic hydroxyl groups is 4. The number of aliphatic hydroxyl groups excluding tert-OH is 2. The summed E-state index contributed by atoms with van der Waals surface area (Å²) in [6, 6.07) is 2.52. The number of carbonyl (C=O) groups excluding carboxylic acids is 4. The topological polar surface area (TPSA) is 352 Å². The lowest BCUT2D eigenvalue weighted by molar-refractivity contribution is -0.113. The van der Waals surface area contributed by atoms with Crippen LogP contribution in [0, 0.1) is 23.7 Å². The van der Waals surface area contributed by atoms with Crippen molar-refractivity contribution in [2.24, 2.45) is 45.1 Å². The number of hydrogen-bond acceptors (Lipinski definition) is 20. The van der Waals surface area contributed by atoms with Crippen molar-refractivity contribution in [1.82, 2.24) is 9.80 Å². The fourth-order valence-electron chi connectivity index (χ4n) is 11.5. The van der Waals surface area contributed by atoms with Crippen LogP contribution in [-0.2, 0) is 50.9 Å². The van der Waals surface area contributed by atoms with Crippen molar-refractivity contribution in [2.45, 2.75) is 143 Å². The molecule has 24 heteroatoms. The number of methoxy groups -OCH3 is 4. The highest BCUT2D eigenvalue weighted by atomic mass is 16.6. The zero-order chi connectivity index (χ0) is 66.5. The smallest absolute Gasteiger partial charge is 0.405 e. The molecule has 12 unspecified atom stereocenters. The van der Waals surface area contributed by atoms with Gasteiger partial charge in [-0.15, -0.1) is 0 Å². The van der Waals surface area contributed by atoms with Gasteiger partial charge in [-0.25, -0.2) is 9.59 Å². The third-order valence-electron chi connectivity index (χ3n) is 16.7. The SMILES string of the molecule is COC1C=CC=C(C)C(=O)Nc2cc(O)c(N=CCCN3CCN(CCC=Nc4c(O)cc5c(O)c4CC(C)CC(OC)C(O)C(C)C=C(C)C(OC(N)=O)C(OC)C=CC=C(C)C(=O)N5)CC3)c(c2O)CC(C)CC(OC)C(O)C(C)C=C(C)C1OC(N)=O. The molecule has 1 saturated heterocycles. The second-order valence-corrected chi connectivity index (χ2v) is 23.8. The number of carbonyl (C=O) groups is 4. The number of aliphatic imine (C=N–C) groups is 2. The summed E-state index contributed by atoms with van der Waals surface area (Å²) in [5.41, 5.74) is 13.4. The first-order valence-corrected chi connectivity index (χ1v) is 30.5. The van der Waals surface area contributed by atoms with Crippen molar-refractivity contribution < 1.29 is 78.2 Å². The molecule has 90 heavy (non-hydrogen) atoms. The molecule has 1 fully saturated rings. The number of amides is 4. The lowest BCUT2D eigenvalue weighted by atomic mass is 9.87. The van der Waals surface area contributed by atoms with E-state index in [1.807, 2.05) is 27.7 Å². The highest BCUT2D eigenvalue weighted by Gasteiger charge is 2.33. The fraction of sp³-hybridized carbons (Fsp3) is 0.545. The van der Waals surface area contributed by atoms with Crippen molar-refractivity contribution in [3.8, 4) is 23.0 Å². The number of hydrogen-bond donors (Lipinski definition) is 10. The first-order chi connectivity index (χ1) is 42.7. The number of nitrogens with one attached hydrogen (secondary N) is 2. The Morgan fingerprint density at radius 3 is 1.28 bits per heavy atom. The van der Waals surface area contributed by atoms with E-state index < -0.39 is 84.7 Å². The van der Waals surface area contributed by atoms with E-state index >= 15 is 0 Å². The largest absolute Gasteiger partial charge is 0.506 e. The van der Waals surface area contributed by atoms with Crippen LogP contribution < -0.4 is 22.1 Å². The molecule has 2 aromatic carbocycles. The van der Waals surface area contributed by atoms with Crippen LogP contribution in [0.25, 0.3) is 0 Å². The van der Waals surface area contributed by atoms with Gasteiger partial charge in [0.15, 0.2) is 12.2 Å². The molecule has 12 atom stereocenters. The monoisotopic (exact) mass is 1260 g/mol. The molecule has 3 aliphatic heterocycles. The van der Waals surface area contributed by atoms with Gasteiger partial charge in [0.05, 0.1) is 35.8 Å². The lowest BCUT2D eigenvalue weighted by Gasteiger charge is -2.34. The lowest BCUT2D eigenvalue weighted by Crippen LogP contribution is -2.46. The molecule has 3 heterocycles. The van der Waals surface area contributed by atoms with Crippen molar-refractivity contribution in [3.05, 3.63) is 94.2 Å². The second-order valence-electron chi connectivity index (χ2n) is 23.8. The number of nitrogens with two attached hydrogens (primary N) is 2. The molecule has 0 saturated carbocycles. The van der Waals surface area contributed by atoms with Crippen LogP contribution in [-0.4, -0.2) is 193 Å². The first-order valence-electron chi connectivity index (χ1n) is 30.5. The molecule has 12 N–H and O–H groups in total. The summed E-state index contributed by atoms with van der Waals surface area (Å²) in [4.78, 5) is 65.0. The van der Waals surface area contributed by atoms with Crippen LogP contribution in [0.1, 0.15) is 92.2 Å². The van der Waals surface area contributed by atoms with Gasteiger partial charge in [-0.1, -0.05) is 76.3 Å². The second kappa shape index (κ2) is 35.3. The number of allylic oxidation sites excluding steroid dienone is 4. The van der Waals surface area contributed by atoms with E-state index in [-0.39, 0.29) is 81.6 Å². The van der Waals surface area contributed by atoms with E-state index in [2.05, 4.69) is 20.4 Å². The van der Waals surface area contributed by atoms with Crippen LogP contribution in [0.5, 0.6) is 23.0 Å². The van der Waals surface area contributed by atoms with Gasteiger partial charge >= 0.3 is 12.2 Å². The Labute approximate surface area is 528 Å². The van der Waals surface area contributed by atoms with Gasteiger partial charge in [0.2, 0.25) is 0 Å². The van der Waals surface area contributed by atoms with Crippen molar-refractivity contribution >= 4 is 59.2 Å². The molecule has 2 aromatic rings. The summed E-state index contributed by atoms with van der Waals surface area (Å²) >= 11 is 0. The van der Waals surface area contributed by atoms with Gasteiger partial charge in [0.1, 0.15) is 46.6 Å². The van der Waals surface area contributed by atoms with Crippen LogP contribution in [0.3, 0.4) is 0 Å². The third-order valence-corrected chi connectivity index (χ3v) is 16.7. The van der Waals surface area contributed by atoms with E-state index in [4.69, 9.17) is 49.9 Å². The maximum absolute atomic E-state index is 13.5. The van der Waals surface area contributed by atoms with Gasteiger partial charge in [-0.2, -0.15) is 0 Å². The Morgan fingerprint density at radius 1 is 0.600 bits per heavy atom. The molecule has 0 aliphatic carbocycles. The summed E-state index contributed by atoms with van der Waals surface area (Å²) in [7, 11) is 5.86. The summed E-state index contributed by atoms with van der Waals surface area (Å²) in [5.74, 6) is -3.67. The van der Waals surface area contributed by atoms with Crippen LogP contribution >= 0.6 is 0 Å². The zero-order valence-electron chi connectivity index (χ0n) is 54.1. The van der Waals surface area contributed by atoms with Crippen LogP contribution in [0.2, 0.25) is 0 Å². The Hall–Kier alpha value is -7.42. The highest BCUT2D eigenvalue weighted by Crippen LogP contribution is 2.46. The van der Waals surface area contributed by atoms with E-state index in [0.717, 1.165) is 26.2 Å². The Bertz CT molecular complexity index is 2840. The number of anilines is 2. The Kier molecular flexibility index (Phi) is 28.7. The molecule has 24 nitrogen and oxygen atoms in total. The molecule has 0 aromatic heterocycles. The number of phenolic OH excluding ortho intramolecular Hbond substituents is 4. The average molecular weight is 1260 g/mol. The number of primary amides is 2. The maximum atomic E-state index is 13.5. The Balaban J connectivity index is 1.29. The number of phenols is 4.